The van der Waals surface area contributed by atoms with Gasteiger partial charge in [0.15, 0.2) is 0 Å². The molecule has 1 N–H and O–H groups in total. The monoisotopic (exact) mass is 240 g/mol. The van der Waals surface area contributed by atoms with Gasteiger partial charge in [-0.2, -0.15) is 0 Å². The van der Waals surface area contributed by atoms with Crippen LogP contribution >= 0.6 is 0 Å². The van der Waals surface area contributed by atoms with Crippen molar-refractivity contribution >= 4 is 16.7 Å². The fourth-order valence-corrected chi connectivity index (χ4v) is 2.24. The van der Waals surface area contributed by atoms with E-state index in [0.717, 1.165) is 24.0 Å². The number of amides is 1. The van der Waals surface area contributed by atoms with Crippen molar-refractivity contribution < 1.29 is 4.79 Å². The predicted molar refractivity (Wildman–Crippen MR) is 72.7 cm³/mol. The quantitative estimate of drug-likeness (QED) is 0.869. The van der Waals surface area contributed by atoms with Gasteiger partial charge in [-0.1, -0.05) is 30.3 Å². The van der Waals surface area contributed by atoms with Crippen LogP contribution in [0.15, 0.2) is 42.5 Å². The summed E-state index contributed by atoms with van der Waals surface area (Å²) in [5.74, 6) is 0.104. The molecule has 2 aromatic carbocycles. The molecule has 3 rings (SSSR count). The molecule has 0 saturated carbocycles. The van der Waals surface area contributed by atoms with Gasteiger partial charge in [0, 0.05) is 25.7 Å². The second kappa shape index (κ2) is 4.42. The Kier molecular flexibility index (Phi) is 2.76. The highest BCUT2D eigenvalue weighted by atomic mass is 16.2. The standard InChI is InChI=1S/C15H16N2O/c1-17(14-9-16-10-14)15(18)13-7-6-11-4-2-3-5-12(11)8-13/h2-8,14,16H,9-10H2,1H3. The van der Waals surface area contributed by atoms with Crippen molar-refractivity contribution in [3.8, 4) is 0 Å². The predicted octanol–water partition coefficient (Wildman–Crippen LogP) is 1.88. The Morgan fingerprint density at radius 3 is 2.56 bits per heavy atom. The van der Waals surface area contributed by atoms with Gasteiger partial charge in [0.25, 0.3) is 5.91 Å². The number of benzene rings is 2. The number of carbonyl (C=O) groups excluding carboxylic acids is 1. The zero-order chi connectivity index (χ0) is 12.5. The molecule has 1 aliphatic heterocycles. The molecule has 1 saturated heterocycles. The summed E-state index contributed by atoms with van der Waals surface area (Å²) >= 11 is 0. The summed E-state index contributed by atoms with van der Waals surface area (Å²) in [6, 6.07) is 14.3. The molecule has 2 aromatic rings. The Balaban J connectivity index is 1.91. The molecule has 0 bridgehead atoms. The van der Waals surface area contributed by atoms with E-state index in [-0.39, 0.29) is 5.91 Å². The topological polar surface area (TPSA) is 32.3 Å². The van der Waals surface area contributed by atoms with Crippen molar-refractivity contribution in [2.75, 3.05) is 20.1 Å². The van der Waals surface area contributed by atoms with Crippen molar-refractivity contribution in [3.63, 3.8) is 0 Å². The number of carbonyl (C=O) groups is 1. The lowest BCUT2D eigenvalue weighted by Crippen LogP contribution is -2.57. The lowest BCUT2D eigenvalue weighted by atomic mass is 10.0. The third-order valence-electron chi connectivity index (χ3n) is 3.62. The maximum atomic E-state index is 12.3. The third-order valence-corrected chi connectivity index (χ3v) is 3.62. The largest absolute Gasteiger partial charge is 0.336 e. The first-order valence-electron chi connectivity index (χ1n) is 6.22. The van der Waals surface area contributed by atoms with E-state index in [1.165, 1.54) is 5.39 Å². The molecular weight excluding hydrogens is 224 g/mol. The summed E-state index contributed by atoms with van der Waals surface area (Å²) in [6.45, 7) is 1.80. The van der Waals surface area contributed by atoms with E-state index >= 15 is 0 Å². The lowest BCUT2D eigenvalue weighted by Gasteiger charge is -2.35. The molecule has 0 aliphatic carbocycles. The van der Waals surface area contributed by atoms with Crippen molar-refractivity contribution in [3.05, 3.63) is 48.0 Å². The van der Waals surface area contributed by atoms with Crippen LogP contribution < -0.4 is 5.32 Å². The Morgan fingerprint density at radius 2 is 1.89 bits per heavy atom. The van der Waals surface area contributed by atoms with Crippen LogP contribution in [0.25, 0.3) is 10.8 Å². The highest BCUT2D eigenvalue weighted by molar-refractivity contribution is 5.98. The average Bonchev–Trinajstić information content (AvgIpc) is 2.35. The van der Waals surface area contributed by atoms with E-state index in [1.807, 2.05) is 48.3 Å². The highest BCUT2D eigenvalue weighted by Crippen LogP contribution is 2.17. The molecule has 1 fully saturated rings. The molecule has 0 radical (unpaired) electrons. The molecular formula is C15H16N2O. The van der Waals surface area contributed by atoms with Gasteiger partial charge >= 0.3 is 0 Å². The molecule has 1 aliphatic rings. The van der Waals surface area contributed by atoms with Crippen LogP contribution in [0.5, 0.6) is 0 Å². The summed E-state index contributed by atoms with van der Waals surface area (Å²) in [7, 11) is 1.88. The van der Waals surface area contributed by atoms with Crippen LogP contribution in [0.2, 0.25) is 0 Å². The van der Waals surface area contributed by atoms with Gasteiger partial charge in [-0.25, -0.2) is 0 Å². The van der Waals surface area contributed by atoms with Crippen LogP contribution in [0.3, 0.4) is 0 Å². The summed E-state index contributed by atoms with van der Waals surface area (Å²) in [5.41, 5.74) is 0.767. The number of nitrogens with zero attached hydrogens (tertiary/aromatic N) is 1. The van der Waals surface area contributed by atoms with Crippen LogP contribution in [0, 0.1) is 0 Å². The second-order valence-corrected chi connectivity index (χ2v) is 4.79. The second-order valence-electron chi connectivity index (χ2n) is 4.79. The molecule has 0 unspecified atom stereocenters. The van der Waals surface area contributed by atoms with E-state index < -0.39 is 0 Å². The van der Waals surface area contributed by atoms with Crippen LogP contribution in [0.1, 0.15) is 10.4 Å². The maximum absolute atomic E-state index is 12.3. The number of fused-ring (bicyclic) bond motifs is 1. The molecule has 3 heteroatoms. The summed E-state index contributed by atoms with van der Waals surface area (Å²) in [5, 5.41) is 5.47. The van der Waals surface area contributed by atoms with Crippen LogP contribution in [-0.4, -0.2) is 37.0 Å². The molecule has 0 spiro atoms. The number of hydrogen-bond acceptors (Lipinski definition) is 2. The number of hydrogen-bond donors (Lipinski definition) is 1. The van der Waals surface area contributed by atoms with Gasteiger partial charge in [0.1, 0.15) is 0 Å². The highest BCUT2D eigenvalue weighted by Gasteiger charge is 2.25. The molecule has 18 heavy (non-hydrogen) atoms. The fraction of sp³-hybridized carbons (Fsp3) is 0.267. The molecule has 92 valence electrons. The minimum atomic E-state index is 0.104. The number of rotatable bonds is 2. The van der Waals surface area contributed by atoms with Crippen molar-refractivity contribution in [1.82, 2.24) is 10.2 Å². The van der Waals surface area contributed by atoms with E-state index in [2.05, 4.69) is 11.4 Å². The first-order chi connectivity index (χ1) is 8.75. The zero-order valence-corrected chi connectivity index (χ0v) is 10.4. The zero-order valence-electron chi connectivity index (χ0n) is 10.4. The lowest BCUT2D eigenvalue weighted by molar-refractivity contribution is 0.0681. The Morgan fingerprint density at radius 1 is 1.17 bits per heavy atom. The van der Waals surface area contributed by atoms with Gasteiger partial charge in [-0.05, 0) is 22.9 Å². The normalized spacial score (nSPS) is 15.4. The summed E-state index contributed by atoms with van der Waals surface area (Å²) < 4.78 is 0. The molecule has 1 amide bonds. The smallest absolute Gasteiger partial charge is 0.253 e. The van der Waals surface area contributed by atoms with Crippen molar-refractivity contribution in [2.45, 2.75) is 6.04 Å². The van der Waals surface area contributed by atoms with Crippen molar-refractivity contribution in [1.29, 1.82) is 0 Å². The first-order valence-corrected chi connectivity index (χ1v) is 6.22. The van der Waals surface area contributed by atoms with Gasteiger partial charge in [-0.15, -0.1) is 0 Å². The fourth-order valence-electron chi connectivity index (χ4n) is 2.24. The third kappa shape index (κ3) is 1.87. The van der Waals surface area contributed by atoms with E-state index in [4.69, 9.17) is 0 Å². The number of nitrogens with one attached hydrogen (secondary N) is 1. The minimum absolute atomic E-state index is 0.104. The molecule has 0 atom stereocenters. The average molecular weight is 240 g/mol. The van der Waals surface area contributed by atoms with E-state index in [0.29, 0.717) is 6.04 Å². The Hall–Kier alpha value is -1.87. The maximum Gasteiger partial charge on any atom is 0.253 e. The SMILES string of the molecule is CN(C(=O)c1ccc2ccccc2c1)C1CNC1. The van der Waals surface area contributed by atoms with Crippen LogP contribution in [0.4, 0.5) is 0 Å². The molecule has 0 aromatic heterocycles. The number of likely N-dealkylation sites (N-methyl/N-ethyl adjacent to an activating group) is 1. The van der Waals surface area contributed by atoms with Gasteiger partial charge < -0.3 is 10.2 Å². The summed E-state index contributed by atoms with van der Waals surface area (Å²) in [6.07, 6.45) is 0. The van der Waals surface area contributed by atoms with E-state index in [9.17, 15) is 4.79 Å². The van der Waals surface area contributed by atoms with Gasteiger partial charge in [0.2, 0.25) is 0 Å². The molecule has 1 heterocycles. The van der Waals surface area contributed by atoms with Crippen molar-refractivity contribution in [2.24, 2.45) is 0 Å². The van der Waals surface area contributed by atoms with Gasteiger partial charge in [-0.3, -0.25) is 4.79 Å². The van der Waals surface area contributed by atoms with E-state index in [1.54, 1.807) is 0 Å². The summed E-state index contributed by atoms with van der Waals surface area (Å²) in [4.78, 5) is 14.2. The Bertz CT molecular complexity index is 590. The first kappa shape index (κ1) is 11.2. The minimum Gasteiger partial charge on any atom is -0.336 e. The Labute approximate surface area is 106 Å². The molecule has 3 nitrogen and oxygen atoms in total. The van der Waals surface area contributed by atoms with Crippen LogP contribution in [-0.2, 0) is 0 Å². The van der Waals surface area contributed by atoms with Gasteiger partial charge in [0.05, 0.1) is 6.04 Å².